The fraction of sp³-hybridized carbons (Fsp3) is 0.350. The third kappa shape index (κ3) is 3.34. The Bertz CT molecular complexity index is 876. The molecule has 130 valence electrons. The summed E-state index contributed by atoms with van der Waals surface area (Å²) >= 11 is 1.76. The SMILES string of the molecule is Cc1cc2c(cc(C(=O)N3CCOCC3)n2CCc2ccccc2)s1. The van der Waals surface area contributed by atoms with E-state index in [1.807, 2.05) is 11.0 Å². The van der Waals surface area contributed by atoms with E-state index in [2.05, 4.69) is 47.9 Å². The molecule has 4 nitrogen and oxygen atoms in total. The molecule has 3 heterocycles. The number of hydrogen-bond donors (Lipinski definition) is 0. The molecule has 2 aromatic heterocycles. The maximum atomic E-state index is 13.0. The third-order valence-corrected chi connectivity index (χ3v) is 5.68. The summed E-state index contributed by atoms with van der Waals surface area (Å²) in [5, 5.41) is 0. The topological polar surface area (TPSA) is 34.5 Å². The summed E-state index contributed by atoms with van der Waals surface area (Å²) in [5.41, 5.74) is 3.27. The van der Waals surface area contributed by atoms with Crippen LogP contribution in [0.15, 0.2) is 42.5 Å². The van der Waals surface area contributed by atoms with Crippen LogP contribution in [0.3, 0.4) is 0 Å². The third-order valence-electron chi connectivity index (χ3n) is 4.70. The van der Waals surface area contributed by atoms with Crippen molar-refractivity contribution in [2.24, 2.45) is 0 Å². The highest BCUT2D eigenvalue weighted by Crippen LogP contribution is 2.29. The number of amides is 1. The lowest BCUT2D eigenvalue weighted by Gasteiger charge is -2.27. The predicted molar refractivity (Wildman–Crippen MR) is 101 cm³/mol. The number of hydrogen-bond acceptors (Lipinski definition) is 3. The van der Waals surface area contributed by atoms with E-state index in [-0.39, 0.29) is 5.91 Å². The standard InChI is InChI=1S/C20H22N2O2S/c1-15-13-17-19(25-15)14-18(20(23)21-9-11-24-12-10-21)22(17)8-7-16-5-3-2-4-6-16/h2-6,13-14H,7-12H2,1H3. The molecule has 0 spiro atoms. The molecule has 1 aliphatic heterocycles. The molecule has 0 N–H and O–H groups in total. The zero-order valence-electron chi connectivity index (χ0n) is 14.4. The minimum absolute atomic E-state index is 0.123. The maximum Gasteiger partial charge on any atom is 0.270 e. The van der Waals surface area contributed by atoms with E-state index < -0.39 is 0 Å². The number of carbonyl (C=O) groups excluding carboxylic acids is 1. The van der Waals surface area contributed by atoms with Gasteiger partial charge in [0.25, 0.3) is 5.91 Å². The van der Waals surface area contributed by atoms with E-state index in [1.165, 1.54) is 20.7 Å². The Morgan fingerprint density at radius 2 is 1.92 bits per heavy atom. The molecular weight excluding hydrogens is 332 g/mol. The van der Waals surface area contributed by atoms with Crippen LogP contribution in [-0.4, -0.2) is 41.7 Å². The van der Waals surface area contributed by atoms with Crippen LogP contribution in [0.4, 0.5) is 0 Å². The Morgan fingerprint density at radius 1 is 1.16 bits per heavy atom. The highest BCUT2D eigenvalue weighted by Gasteiger charge is 2.23. The van der Waals surface area contributed by atoms with Gasteiger partial charge in [0.2, 0.25) is 0 Å². The van der Waals surface area contributed by atoms with Gasteiger partial charge in [-0.25, -0.2) is 0 Å². The van der Waals surface area contributed by atoms with Crippen LogP contribution >= 0.6 is 11.3 Å². The summed E-state index contributed by atoms with van der Waals surface area (Å²) in [6.07, 6.45) is 0.920. The molecule has 3 aromatic rings. The van der Waals surface area contributed by atoms with E-state index in [9.17, 15) is 4.79 Å². The number of nitrogens with zero attached hydrogens (tertiary/aromatic N) is 2. The van der Waals surface area contributed by atoms with Gasteiger partial charge in [-0.3, -0.25) is 4.79 Å². The van der Waals surface area contributed by atoms with Crippen LogP contribution < -0.4 is 0 Å². The van der Waals surface area contributed by atoms with Gasteiger partial charge in [-0.1, -0.05) is 30.3 Å². The normalized spacial score (nSPS) is 15.0. The summed E-state index contributed by atoms with van der Waals surface area (Å²) < 4.78 is 8.78. The molecule has 25 heavy (non-hydrogen) atoms. The monoisotopic (exact) mass is 354 g/mol. The molecule has 0 bridgehead atoms. The average molecular weight is 354 g/mol. The number of benzene rings is 1. The van der Waals surface area contributed by atoms with Crippen LogP contribution in [0.2, 0.25) is 0 Å². The van der Waals surface area contributed by atoms with Crippen LogP contribution in [0.5, 0.6) is 0 Å². The summed E-state index contributed by atoms with van der Waals surface area (Å²) in [4.78, 5) is 16.2. The minimum atomic E-state index is 0.123. The Labute approximate surface area is 151 Å². The fourth-order valence-corrected chi connectivity index (χ4v) is 4.36. The number of thiophene rings is 1. The zero-order chi connectivity index (χ0) is 17.2. The smallest absolute Gasteiger partial charge is 0.270 e. The van der Waals surface area contributed by atoms with Gasteiger partial charge >= 0.3 is 0 Å². The first-order valence-electron chi connectivity index (χ1n) is 8.73. The Kier molecular flexibility index (Phi) is 4.59. The Hall–Kier alpha value is -2.11. The van der Waals surface area contributed by atoms with Gasteiger partial charge in [0.05, 0.1) is 23.4 Å². The molecule has 0 radical (unpaired) electrons. The largest absolute Gasteiger partial charge is 0.378 e. The number of rotatable bonds is 4. The second-order valence-electron chi connectivity index (χ2n) is 6.43. The van der Waals surface area contributed by atoms with E-state index in [0.29, 0.717) is 26.3 Å². The average Bonchev–Trinajstić information content (AvgIpc) is 3.17. The van der Waals surface area contributed by atoms with Gasteiger partial charge in [-0.2, -0.15) is 0 Å². The molecule has 0 aliphatic carbocycles. The van der Waals surface area contributed by atoms with E-state index in [0.717, 1.165) is 18.7 Å². The first-order valence-corrected chi connectivity index (χ1v) is 9.54. The summed E-state index contributed by atoms with van der Waals surface area (Å²) in [5.74, 6) is 0.123. The number of aromatic nitrogens is 1. The molecule has 5 heteroatoms. The lowest BCUT2D eigenvalue weighted by atomic mass is 10.1. The lowest BCUT2D eigenvalue weighted by Crippen LogP contribution is -2.41. The van der Waals surface area contributed by atoms with Crippen molar-refractivity contribution in [3.8, 4) is 0 Å². The van der Waals surface area contributed by atoms with Crippen molar-refractivity contribution in [1.29, 1.82) is 0 Å². The molecule has 1 aromatic carbocycles. The second kappa shape index (κ2) is 7.02. The number of ether oxygens (including phenoxy) is 1. The molecular formula is C20H22N2O2S. The first-order chi connectivity index (χ1) is 12.2. The maximum absolute atomic E-state index is 13.0. The molecule has 1 fully saturated rings. The number of carbonyl (C=O) groups is 1. The fourth-order valence-electron chi connectivity index (χ4n) is 3.40. The van der Waals surface area contributed by atoms with Gasteiger partial charge in [0.15, 0.2) is 0 Å². The molecule has 1 amide bonds. The number of fused-ring (bicyclic) bond motifs is 1. The molecule has 0 unspecified atom stereocenters. The van der Waals surface area contributed by atoms with E-state index in [1.54, 1.807) is 11.3 Å². The summed E-state index contributed by atoms with van der Waals surface area (Å²) in [6.45, 7) is 5.55. The predicted octanol–water partition coefficient (Wildman–Crippen LogP) is 3.73. The molecule has 0 atom stereocenters. The van der Waals surface area contributed by atoms with Crippen molar-refractivity contribution >= 4 is 27.5 Å². The molecule has 0 saturated carbocycles. The molecule has 4 rings (SSSR count). The molecule has 1 aliphatic rings. The van der Waals surface area contributed by atoms with Crippen molar-refractivity contribution in [2.75, 3.05) is 26.3 Å². The van der Waals surface area contributed by atoms with E-state index in [4.69, 9.17) is 4.74 Å². The number of morpholine rings is 1. The van der Waals surface area contributed by atoms with Crippen molar-refractivity contribution in [3.05, 3.63) is 58.6 Å². The highest BCUT2D eigenvalue weighted by molar-refractivity contribution is 7.19. The quantitative estimate of drug-likeness (QED) is 0.715. The van der Waals surface area contributed by atoms with E-state index >= 15 is 0 Å². The van der Waals surface area contributed by atoms with Crippen LogP contribution in [0.1, 0.15) is 20.9 Å². The minimum Gasteiger partial charge on any atom is -0.378 e. The van der Waals surface area contributed by atoms with Crippen LogP contribution in [0, 0.1) is 6.92 Å². The summed E-state index contributed by atoms with van der Waals surface area (Å²) in [6, 6.07) is 14.7. The van der Waals surface area contributed by atoms with Crippen LogP contribution in [-0.2, 0) is 17.7 Å². The van der Waals surface area contributed by atoms with Crippen LogP contribution in [0.25, 0.3) is 10.2 Å². The first kappa shape index (κ1) is 16.4. The molecule has 1 saturated heterocycles. The second-order valence-corrected chi connectivity index (χ2v) is 7.72. The highest BCUT2D eigenvalue weighted by atomic mass is 32.1. The van der Waals surface area contributed by atoms with Gasteiger partial charge < -0.3 is 14.2 Å². The Morgan fingerprint density at radius 3 is 2.68 bits per heavy atom. The number of aryl methyl sites for hydroxylation is 3. The van der Waals surface area contributed by atoms with Crippen molar-refractivity contribution in [3.63, 3.8) is 0 Å². The zero-order valence-corrected chi connectivity index (χ0v) is 15.2. The van der Waals surface area contributed by atoms with Crippen molar-refractivity contribution < 1.29 is 9.53 Å². The van der Waals surface area contributed by atoms with Crippen molar-refractivity contribution in [2.45, 2.75) is 19.9 Å². The van der Waals surface area contributed by atoms with Crippen molar-refractivity contribution in [1.82, 2.24) is 9.47 Å². The van der Waals surface area contributed by atoms with Gasteiger partial charge in [-0.15, -0.1) is 11.3 Å². The lowest BCUT2D eigenvalue weighted by molar-refractivity contribution is 0.0296. The van der Waals surface area contributed by atoms with Gasteiger partial charge in [0.1, 0.15) is 5.69 Å². The summed E-state index contributed by atoms with van der Waals surface area (Å²) in [7, 11) is 0. The van der Waals surface area contributed by atoms with Gasteiger partial charge in [-0.05, 0) is 31.0 Å². The Balaban J connectivity index is 1.65. The van der Waals surface area contributed by atoms with Gasteiger partial charge in [0, 0.05) is 24.5 Å².